The number of halogens is 3. The topological polar surface area (TPSA) is 84.1 Å². The number of aromatic nitrogens is 2. The molecule has 0 fully saturated rings. The van der Waals surface area contributed by atoms with Crippen LogP contribution >= 0.6 is 0 Å². The van der Waals surface area contributed by atoms with Gasteiger partial charge in [-0.25, -0.2) is 9.78 Å². The molecule has 0 aliphatic rings. The summed E-state index contributed by atoms with van der Waals surface area (Å²) < 4.78 is 47.3. The molecule has 1 atom stereocenters. The van der Waals surface area contributed by atoms with Crippen molar-refractivity contribution in [3.63, 3.8) is 0 Å². The van der Waals surface area contributed by atoms with Crippen molar-refractivity contribution in [1.82, 2.24) is 9.97 Å². The number of carbonyl (C=O) groups excluding carboxylic acids is 1. The van der Waals surface area contributed by atoms with Gasteiger partial charge in [-0.15, -0.1) is 0 Å². The highest BCUT2D eigenvalue weighted by atomic mass is 19.4. The summed E-state index contributed by atoms with van der Waals surface area (Å²) in [7, 11) is 0. The van der Waals surface area contributed by atoms with Crippen LogP contribution in [0.4, 0.5) is 18.9 Å². The van der Waals surface area contributed by atoms with E-state index in [-0.39, 0.29) is 16.5 Å². The van der Waals surface area contributed by atoms with Crippen LogP contribution in [-0.4, -0.2) is 21.5 Å². The van der Waals surface area contributed by atoms with Crippen LogP contribution in [-0.2, 0) is 17.3 Å². The van der Waals surface area contributed by atoms with Gasteiger partial charge in [-0.1, -0.05) is 13.8 Å². The quantitative estimate of drug-likeness (QED) is 0.426. The van der Waals surface area contributed by atoms with Gasteiger partial charge in [-0.05, 0) is 69.2 Å². The third kappa shape index (κ3) is 5.76. The number of nitrogens with zero attached hydrogens (tertiary/aromatic N) is 1. The van der Waals surface area contributed by atoms with E-state index in [0.717, 1.165) is 6.07 Å². The van der Waals surface area contributed by atoms with E-state index in [9.17, 15) is 22.8 Å². The van der Waals surface area contributed by atoms with E-state index in [0.29, 0.717) is 29.9 Å². The third-order valence-electron chi connectivity index (χ3n) is 5.21. The van der Waals surface area contributed by atoms with Gasteiger partial charge in [0.1, 0.15) is 11.4 Å². The first-order valence-electron chi connectivity index (χ1n) is 11.1. The number of benzene rings is 2. The molecular weight excluding hydrogens is 447 g/mol. The molecule has 0 saturated carbocycles. The molecule has 0 bridgehead atoms. The fourth-order valence-corrected chi connectivity index (χ4v) is 3.59. The molecule has 1 heterocycles. The number of fused-ring (bicyclic) bond motifs is 1. The lowest BCUT2D eigenvalue weighted by Gasteiger charge is -2.24. The highest BCUT2D eigenvalue weighted by Gasteiger charge is 2.36. The van der Waals surface area contributed by atoms with Crippen molar-refractivity contribution in [2.75, 3.05) is 5.32 Å². The summed E-state index contributed by atoms with van der Waals surface area (Å²) >= 11 is 0. The number of hydrogen-bond donors (Lipinski definition) is 2. The Bertz CT molecular complexity index is 1240. The molecule has 2 aromatic carbocycles. The average molecular weight is 476 g/mol. The lowest BCUT2D eigenvalue weighted by molar-refractivity contribution is -0.138. The molecule has 9 heteroatoms. The van der Waals surface area contributed by atoms with Gasteiger partial charge in [0.15, 0.2) is 0 Å². The SMILES string of the molecule is CCc1nc2cc(C(F)(F)F)c([C@H](CC)Nc3ccc(C(=O)OC(C)(C)C)cc3)cc2c(=O)[nH]1. The van der Waals surface area contributed by atoms with Crippen molar-refractivity contribution < 1.29 is 22.7 Å². The molecular formula is C25H28F3N3O3. The minimum Gasteiger partial charge on any atom is -0.456 e. The predicted molar refractivity (Wildman–Crippen MR) is 125 cm³/mol. The van der Waals surface area contributed by atoms with Gasteiger partial charge in [-0.3, -0.25) is 4.79 Å². The first-order chi connectivity index (χ1) is 15.8. The van der Waals surface area contributed by atoms with E-state index in [2.05, 4.69) is 15.3 Å². The van der Waals surface area contributed by atoms with E-state index in [1.54, 1.807) is 58.9 Å². The molecule has 0 aliphatic heterocycles. The highest BCUT2D eigenvalue weighted by molar-refractivity contribution is 5.90. The first kappa shape index (κ1) is 25.3. The van der Waals surface area contributed by atoms with E-state index in [4.69, 9.17) is 4.74 Å². The van der Waals surface area contributed by atoms with Crippen LogP contribution in [0.3, 0.4) is 0 Å². The number of nitrogens with one attached hydrogen (secondary N) is 2. The van der Waals surface area contributed by atoms with Crippen molar-refractivity contribution in [2.24, 2.45) is 0 Å². The van der Waals surface area contributed by atoms with E-state index in [1.807, 2.05) is 0 Å². The van der Waals surface area contributed by atoms with Crippen molar-refractivity contribution in [1.29, 1.82) is 0 Å². The van der Waals surface area contributed by atoms with Gasteiger partial charge < -0.3 is 15.0 Å². The second-order valence-corrected chi connectivity index (χ2v) is 9.00. The van der Waals surface area contributed by atoms with Crippen molar-refractivity contribution in [3.8, 4) is 0 Å². The van der Waals surface area contributed by atoms with Gasteiger partial charge in [-0.2, -0.15) is 13.2 Å². The van der Waals surface area contributed by atoms with Crippen LogP contribution in [0, 0.1) is 0 Å². The lowest BCUT2D eigenvalue weighted by Crippen LogP contribution is -2.23. The number of carbonyl (C=O) groups is 1. The zero-order valence-electron chi connectivity index (χ0n) is 19.8. The van der Waals surface area contributed by atoms with Crippen molar-refractivity contribution >= 4 is 22.6 Å². The zero-order valence-corrected chi connectivity index (χ0v) is 19.8. The zero-order chi connectivity index (χ0) is 25.3. The number of ether oxygens (including phenoxy) is 1. The summed E-state index contributed by atoms with van der Waals surface area (Å²) in [5, 5.41) is 3.19. The summed E-state index contributed by atoms with van der Waals surface area (Å²) in [6, 6.07) is 7.79. The molecule has 0 aliphatic carbocycles. The van der Waals surface area contributed by atoms with Crippen LogP contribution in [0.1, 0.15) is 74.4 Å². The Labute approximate surface area is 195 Å². The van der Waals surface area contributed by atoms with Gasteiger partial charge in [0.2, 0.25) is 0 Å². The number of esters is 1. The number of H-pyrrole nitrogens is 1. The summed E-state index contributed by atoms with van der Waals surface area (Å²) in [6.07, 6.45) is -3.91. The first-order valence-corrected chi connectivity index (χ1v) is 11.1. The normalized spacial score (nSPS) is 13.1. The molecule has 1 aromatic heterocycles. The summed E-state index contributed by atoms with van der Waals surface area (Å²) in [4.78, 5) is 31.5. The Morgan fingerprint density at radius 2 is 1.76 bits per heavy atom. The Kier molecular flexibility index (Phi) is 7.05. The van der Waals surface area contributed by atoms with Crippen LogP contribution in [0.5, 0.6) is 0 Å². The molecule has 0 radical (unpaired) electrons. The Balaban J connectivity index is 1.99. The molecule has 0 unspecified atom stereocenters. The lowest BCUT2D eigenvalue weighted by atomic mass is 9.95. The fraction of sp³-hybridized carbons (Fsp3) is 0.400. The van der Waals surface area contributed by atoms with Crippen LogP contribution in [0.25, 0.3) is 10.9 Å². The molecule has 0 spiro atoms. The number of anilines is 1. The second-order valence-electron chi connectivity index (χ2n) is 9.00. The maximum Gasteiger partial charge on any atom is 0.416 e. The molecule has 6 nitrogen and oxygen atoms in total. The summed E-state index contributed by atoms with van der Waals surface area (Å²) in [5.74, 6) is -0.160. The molecule has 3 rings (SSSR count). The minimum absolute atomic E-state index is 0.00763. The molecule has 0 amide bonds. The Morgan fingerprint density at radius 3 is 2.29 bits per heavy atom. The maximum absolute atomic E-state index is 14.0. The van der Waals surface area contributed by atoms with Crippen LogP contribution in [0.15, 0.2) is 41.2 Å². The van der Waals surface area contributed by atoms with Gasteiger partial charge in [0.25, 0.3) is 5.56 Å². The summed E-state index contributed by atoms with van der Waals surface area (Å²) in [6.45, 7) is 8.79. The molecule has 0 saturated heterocycles. The fourth-order valence-electron chi connectivity index (χ4n) is 3.59. The van der Waals surface area contributed by atoms with Crippen LogP contribution in [0.2, 0.25) is 0 Å². The second kappa shape index (κ2) is 9.48. The van der Waals surface area contributed by atoms with Gasteiger partial charge in [0, 0.05) is 12.1 Å². The van der Waals surface area contributed by atoms with Crippen molar-refractivity contribution in [2.45, 2.75) is 65.3 Å². The monoisotopic (exact) mass is 475 g/mol. The summed E-state index contributed by atoms with van der Waals surface area (Å²) in [5.41, 5.74) is -1.14. The van der Waals surface area contributed by atoms with Crippen LogP contribution < -0.4 is 10.9 Å². The smallest absolute Gasteiger partial charge is 0.416 e. The molecule has 3 aromatic rings. The standard InChI is InChI=1S/C25H28F3N3O3/c1-6-19(29-15-10-8-14(9-11-15)23(33)34-24(3,4)5)16-12-17-20(13-18(16)25(26,27)28)30-21(7-2)31-22(17)32/h8-13,19,29H,6-7H2,1-5H3,(H,30,31,32)/t19-/m0/s1. The van der Waals surface area contributed by atoms with E-state index >= 15 is 0 Å². The number of aryl methyl sites for hydroxylation is 1. The minimum atomic E-state index is -4.63. The maximum atomic E-state index is 14.0. The van der Waals surface area contributed by atoms with E-state index < -0.39 is 34.9 Å². The van der Waals surface area contributed by atoms with Gasteiger partial charge >= 0.3 is 12.1 Å². The highest BCUT2D eigenvalue weighted by Crippen LogP contribution is 2.38. The van der Waals surface area contributed by atoms with E-state index in [1.165, 1.54) is 6.07 Å². The molecule has 34 heavy (non-hydrogen) atoms. The average Bonchev–Trinajstić information content (AvgIpc) is 2.75. The number of hydrogen-bond acceptors (Lipinski definition) is 5. The molecule has 2 N–H and O–H groups in total. The number of aromatic amines is 1. The molecule has 182 valence electrons. The third-order valence-corrected chi connectivity index (χ3v) is 5.21. The number of alkyl halides is 3. The van der Waals surface area contributed by atoms with Crippen molar-refractivity contribution in [3.05, 3.63) is 69.3 Å². The number of rotatable bonds is 6. The largest absolute Gasteiger partial charge is 0.456 e. The Hall–Kier alpha value is -3.36. The van der Waals surface area contributed by atoms with Gasteiger partial charge in [0.05, 0.1) is 28.1 Å². The predicted octanol–water partition coefficient (Wildman–Crippen LogP) is 6.02. The Morgan fingerprint density at radius 1 is 1.12 bits per heavy atom.